The van der Waals surface area contributed by atoms with Gasteiger partial charge >= 0.3 is 0 Å². The molecule has 4 aromatic rings. The first-order valence-corrected chi connectivity index (χ1v) is 13.1. The number of thioether (sulfide) groups is 1. The molecule has 5 nitrogen and oxygen atoms in total. The SMILES string of the molecule is CCCCCCCSc1nnc2n(-c3ccc(C)cc3)c(=O)c3c4c(sc3n12)CCC4. The Bertz CT molecular complexity index is 1280. The lowest BCUT2D eigenvalue weighted by Gasteiger charge is -2.10. The van der Waals surface area contributed by atoms with Gasteiger partial charge in [0, 0.05) is 10.6 Å². The van der Waals surface area contributed by atoms with Crippen LogP contribution in [0.4, 0.5) is 0 Å². The Hall–Kier alpha value is -2.12. The molecule has 1 aromatic carbocycles. The largest absolute Gasteiger partial charge is 0.268 e. The molecule has 0 saturated carbocycles. The van der Waals surface area contributed by atoms with E-state index in [1.807, 2.05) is 24.3 Å². The third kappa shape index (κ3) is 3.72. The molecule has 1 aliphatic carbocycles. The first-order chi connectivity index (χ1) is 15.2. The number of aromatic nitrogens is 4. The Balaban J connectivity index is 1.63. The lowest BCUT2D eigenvalue weighted by atomic mass is 10.2. The number of hydrogen-bond acceptors (Lipinski definition) is 5. The first-order valence-electron chi connectivity index (χ1n) is 11.3. The summed E-state index contributed by atoms with van der Waals surface area (Å²) >= 11 is 3.52. The quantitative estimate of drug-likeness (QED) is 0.245. The molecule has 7 heteroatoms. The fraction of sp³-hybridized carbons (Fsp3) is 0.458. The van der Waals surface area contributed by atoms with Gasteiger partial charge in [-0.25, -0.2) is 8.97 Å². The van der Waals surface area contributed by atoms with Crippen LogP contribution in [0.2, 0.25) is 0 Å². The second-order valence-corrected chi connectivity index (χ2v) is 10.5. The van der Waals surface area contributed by atoms with Crippen LogP contribution in [0.1, 0.15) is 61.5 Å². The highest BCUT2D eigenvalue weighted by molar-refractivity contribution is 7.99. The molecule has 0 bridgehead atoms. The molecule has 0 aliphatic heterocycles. The maximum atomic E-state index is 13.7. The zero-order valence-corrected chi connectivity index (χ0v) is 19.8. The predicted molar refractivity (Wildman–Crippen MR) is 130 cm³/mol. The molecule has 0 unspecified atom stereocenters. The Morgan fingerprint density at radius 1 is 1.06 bits per heavy atom. The molecule has 0 atom stereocenters. The second-order valence-electron chi connectivity index (χ2n) is 8.39. The first kappa shape index (κ1) is 20.8. The van der Waals surface area contributed by atoms with Crippen molar-refractivity contribution in [1.82, 2.24) is 19.2 Å². The third-order valence-electron chi connectivity index (χ3n) is 6.11. The number of nitrogens with zero attached hydrogens (tertiary/aromatic N) is 4. The van der Waals surface area contributed by atoms with Gasteiger partial charge in [0.2, 0.25) is 5.78 Å². The van der Waals surface area contributed by atoms with Crippen molar-refractivity contribution in [2.75, 3.05) is 5.75 Å². The van der Waals surface area contributed by atoms with E-state index in [4.69, 9.17) is 0 Å². The van der Waals surface area contributed by atoms with E-state index in [0.717, 1.165) is 46.1 Å². The number of aryl methyl sites for hydroxylation is 3. The smallest absolute Gasteiger partial charge is 0.268 e. The monoisotopic (exact) mass is 452 g/mol. The zero-order chi connectivity index (χ0) is 21.4. The fourth-order valence-electron chi connectivity index (χ4n) is 4.44. The van der Waals surface area contributed by atoms with Crippen LogP contribution in [0.25, 0.3) is 21.7 Å². The van der Waals surface area contributed by atoms with Crippen molar-refractivity contribution in [3.63, 3.8) is 0 Å². The Kier molecular flexibility index (Phi) is 5.89. The summed E-state index contributed by atoms with van der Waals surface area (Å²) in [6, 6.07) is 8.10. The summed E-state index contributed by atoms with van der Waals surface area (Å²) < 4.78 is 3.89. The summed E-state index contributed by atoms with van der Waals surface area (Å²) in [5, 5.41) is 10.8. The standard InChI is InChI=1S/C24H28N4OS2/c1-3-4-5-6-7-15-30-24-26-25-23-27(17-13-11-16(2)12-14-17)21(29)20-18-9-8-10-19(18)31-22(20)28(23)24/h11-14H,3-10,15H2,1-2H3. The molecule has 3 aromatic heterocycles. The molecule has 0 saturated heterocycles. The van der Waals surface area contributed by atoms with Crippen molar-refractivity contribution in [3.8, 4) is 5.69 Å². The highest BCUT2D eigenvalue weighted by Crippen LogP contribution is 2.37. The number of unbranched alkanes of at least 4 members (excludes halogenated alkanes) is 4. The van der Waals surface area contributed by atoms with Crippen LogP contribution in [0.3, 0.4) is 0 Å². The zero-order valence-electron chi connectivity index (χ0n) is 18.2. The lowest BCUT2D eigenvalue weighted by Crippen LogP contribution is -2.21. The molecule has 0 radical (unpaired) electrons. The predicted octanol–water partition coefficient (Wildman–Crippen LogP) is 5.95. The number of rotatable bonds is 8. The molecular weight excluding hydrogens is 424 g/mol. The highest BCUT2D eigenvalue weighted by atomic mass is 32.2. The minimum Gasteiger partial charge on any atom is -0.268 e. The van der Waals surface area contributed by atoms with Crippen molar-refractivity contribution in [2.45, 2.75) is 70.4 Å². The molecule has 0 amide bonds. The molecule has 0 N–H and O–H groups in total. The summed E-state index contributed by atoms with van der Waals surface area (Å²) in [4.78, 5) is 16.1. The van der Waals surface area contributed by atoms with Gasteiger partial charge in [-0.3, -0.25) is 4.79 Å². The average molecular weight is 453 g/mol. The molecule has 0 fully saturated rings. The Morgan fingerprint density at radius 2 is 1.87 bits per heavy atom. The summed E-state index contributed by atoms with van der Waals surface area (Å²) in [7, 11) is 0. The van der Waals surface area contributed by atoms with E-state index in [9.17, 15) is 4.79 Å². The maximum Gasteiger partial charge on any atom is 0.268 e. The van der Waals surface area contributed by atoms with Gasteiger partial charge < -0.3 is 0 Å². The van der Waals surface area contributed by atoms with Crippen LogP contribution < -0.4 is 5.56 Å². The van der Waals surface area contributed by atoms with Crippen molar-refractivity contribution < 1.29 is 0 Å². The van der Waals surface area contributed by atoms with E-state index in [2.05, 4.69) is 28.4 Å². The number of hydrogen-bond donors (Lipinski definition) is 0. The van der Waals surface area contributed by atoms with Crippen molar-refractivity contribution in [1.29, 1.82) is 0 Å². The minimum absolute atomic E-state index is 0.0364. The van der Waals surface area contributed by atoms with Gasteiger partial charge in [0.25, 0.3) is 5.56 Å². The molecule has 1 aliphatic rings. The molecule has 0 spiro atoms. The van der Waals surface area contributed by atoms with Crippen molar-refractivity contribution in [2.24, 2.45) is 0 Å². The topological polar surface area (TPSA) is 52.2 Å². The lowest BCUT2D eigenvalue weighted by molar-refractivity contribution is 0.659. The maximum absolute atomic E-state index is 13.7. The van der Waals surface area contributed by atoms with Crippen LogP contribution in [0.15, 0.2) is 34.2 Å². The normalized spacial score (nSPS) is 13.5. The van der Waals surface area contributed by atoms with E-state index in [1.165, 1.54) is 48.1 Å². The average Bonchev–Trinajstić information content (AvgIpc) is 3.46. The van der Waals surface area contributed by atoms with Crippen LogP contribution in [0.5, 0.6) is 0 Å². The van der Waals surface area contributed by atoms with E-state index in [-0.39, 0.29) is 5.56 Å². The van der Waals surface area contributed by atoms with E-state index >= 15 is 0 Å². The Morgan fingerprint density at radius 3 is 2.68 bits per heavy atom. The van der Waals surface area contributed by atoms with Gasteiger partial charge in [-0.1, -0.05) is 62.1 Å². The van der Waals surface area contributed by atoms with Gasteiger partial charge in [-0.2, -0.15) is 0 Å². The number of benzene rings is 1. The van der Waals surface area contributed by atoms with Crippen LogP contribution >= 0.6 is 23.1 Å². The van der Waals surface area contributed by atoms with Crippen molar-refractivity contribution >= 4 is 39.1 Å². The van der Waals surface area contributed by atoms with Gasteiger partial charge in [0.05, 0.1) is 11.1 Å². The van der Waals surface area contributed by atoms with Crippen molar-refractivity contribution in [3.05, 3.63) is 50.6 Å². The number of fused-ring (bicyclic) bond motifs is 5. The second kappa shape index (κ2) is 8.79. The summed E-state index contributed by atoms with van der Waals surface area (Å²) in [5.74, 6) is 1.65. The molecule has 31 heavy (non-hydrogen) atoms. The summed E-state index contributed by atoms with van der Waals surface area (Å²) in [6.07, 6.45) is 9.51. The van der Waals surface area contributed by atoms with Crippen LogP contribution in [-0.2, 0) is 12.8 Å². The van der Waals surface area contributed by atoms with Gasteiger partial charge in [0.1, 0.15) is 4.83 Å². The summed E-state index contributed by atoms with van der Waals surface area (Å²) in [6.45, 7) is 4.30. The highest BCUT2D eigenvalue weighted by Gasteiger charge is 2.26. The molecular formula is C24H28N4OS2. The number of thiophene rings is 1. The minimum atomic E-state index is 0.0364. The molecule has 5 rings (SSSR count). The van der Waals surface area contributed by atoms with Crippen LogP contribution in [-0.4, -0.2) is 24.9 Å². The fourth-order valence-corrected chi connectivity index (χ4v) is 6.81. The molecule has 3 heterocycles. The van der Waals surface area contributed by atoms with Gasteiger partial charge in [0.15, 0.2) is 5.16 Å². The third-order valence-corrected chi connectivity index (χ3v) is 8.40. The van der Waals surface area contributed by atoms with E-state index in [1.54, 1.807) is 27.7 Å². The molecule has 162 valence electrons. The van der Waals surface area contributed by atoms with Gasteiger partial charge in [-0.05, 0) is 50.3 Å². The van der Waals surface area contributed by atoms with E-state index in [0.29, 0.717) is 5.78 Å². The van der Waals surface area contributed by atoms with Gasteiger partial charge in [-0.15, -0.1) is 21.5 Å². The Labute approximate surface area is 190 Å². The van der Waals surface area contributed by atoms with E-state index < -0.39 is 0 Å². The van der Waals surface area contributed by atoms with Crippen LogP contribution in [0, 0.1) is 6.92 Å². The summed E-state index contributed by atoms with van der Waals surface area (Å²) in [5.41, 5.74) is 3.31.